The van der Waals surface area contributed by atoms with E-state index in [-0.39, 0.29) is 5.54 Å². The van der Waals surface area contributed by atoms with Gasteiger partial charge < -0.3 is 5.73 Å². The molecule has 1 aliphatic heterocycles. The number of nitrogens with zero attached hydrogens (tertiary/aromatic N) is 2. The number of nitrogens with two attached hydrogens (primary N) is 1. The molecule has 0 bridgehead atoms. The number of rotatable bonds is 4. The van der Waals surface area contributed by atoms with Gasteiger partial charge in [0.25, 0.3) is 0 Å². The molecule has 0 radical (unpaired) electrons. The van der Waals surface area contributed by atoms with Gasteiger partial charge in [-0.15, -0.1) is 0 Å². The topological polar surface area (TPSA) is 32.5 Å². The summed E-state index contributed by atoms with van der Waals surface area (Å²) in [7, 11) is 2.23. The smallest absolute Gasteiger partial charge is 0.0474 e. The van der Waals surface area contributed by atoms with Crippen molar-refractivity contribution in [3.8, 4) is 0 Å². The molecule has 116 valence electrons. The van der Waals surface area contributed by atoms with Gasteiger partial charge in [0.05, 0.1) is 0 Å². The summed E-state index contributed by atoms with van der Waals surface area (Å²) in [6.45, 7) is 8.70. The minimum atomic E-state index is 0.222. The van der Waals surface area contributed by atoms with E-state index in [1.807, 2.05) is 0 Å². The van der Waals surface area contributed by atoms with Crippen LogP contribution >= 0.6 is 0 Å². The van der Waals surface area contributed by atoms with Crippen LogP contribution in [0.2, 0.25) is 0 Å². The first-order chi connectivity index (χ1) is 10.0. The van der Waals surface area contributed by atoms with Crippen LogP contribution in [0.1, 0.15) is 49.8 Å². The SMILES string of the molecule is CN1CCN(C(CN)c2ccccc2C2CC2)CC1(C)C. The Balaban J connectivity index is 1.85. The summed E-state index contributed by atoms with van der Waals surface area (Å²) >= 11 is 0. The van der Waals surface area contributed by atoms with Crippen molar-refractivity contribution in [3.05, 3.63) is 35.4 Å². The summed E-state index contributed by atoms with van der Waals surface area (Å²) in [6, 6.07) is 9.34. The van der Waals surface area contributed by atoms with Crippen LogP contribution in [-0.4, -0.2) is 48.6 Å². The lowest BCUT2D eigenvalue weighted by atomic mass is 9.92. The first kappa shape index (κ1) is 15.0. The van der Waals surface area contributed by atoms with Crippen LogP contribution < -0.4 is 5.73 Å². The molecule has 1 saturated carbocycles. The summed E-state index contributed by atoms with van der Waals surface area (Å²) in [6.07, 6.45) is 2.70. The molecule has 2 N–H and O–H groups in total. The van der Waals surface area contributed by atoms with Crippen LogP contribution in [-0.2, 0) is 0 Å². The third-order valence-corrected chi connectivity index (χ3v) is 5.38. The van der Waals surface area contributed by atoms with Gasteiger partial charge in [-0.3, -0.25) is 9.80 Å². The molecule has 3 nitrogen and oxygen atoms in total. The van der Waals surface area contributed by atoms with Crippen LogP contribution in [0.3, 0.4) is 0 Å². The quantitative estimate of drug-likeness (QED) is 0.924. The summed E-state index contributed by atoms with van der Waals surface area (Å²) in [4.78, 5) is 5.06. The maximum atomic E-state index is 6.19. The summed E-state index contributed by atoms with van der Waals surface area (Å²) in [5.41, 5.74) is 9.44. The highest BCUT2D eigenvalue weighted by atomic mass is 15.3. The number of hydrogen-bond donors (Lipinski definition) is 1. The molecule has 0 aromatic heterocycles. The van der Waals surface area contributed by atoms with Gasteiger partial charge in [0, 0.05) is 37.8 Å². The second-order valence-corrected chi connectivity index (χ2v) is 7.36. The van der Waals surface area contributed by atoms with Crippen LogP contribution in [0.5, 0.6) is 0 Å². The van der Waals surface area contributed by atoms with E-state index < -0.39 is 0 Å². The van der Waals surface area contributed by atoms with Crippen LogP contribution in [0.25, 0.3) is 0 Å². The number of piperazine rings is 1. The largest absolute Gasteiger partial charge is 0.329 e. The Labute approximate surface area is 129 Å². The van der Waals surface area contributed by atoms with E-state index in [4.69, 9.17) is 5.73 Å². The minimum absolute atomic E-state index is 0.222. The third kappa shape index (κ3) is 3.01. The zero-order valence-corrected chi connectivity index (χ0v) is 13.7. The van der Waals surface area contributed by atoms with Crippen molar-refractivity contribution in [3.63, 3.8) is 0 Å². The number of hydrogen-bond acceptors (Lipinski definition) is 3. The van der Waals surface area contributed by atoms with Crippen LogP contribution in [0.15, 0.2) is 24.3 Å². The minimum Gasteiger partial charge on any atom is -0.329 e. The highest BCUT2D eigenvalue weighted by Crippen LogP contribution is 2.43. The predicted octanol–water partition coefficient (Wildman–Crippen LogP) is 2.59. The Kier molecular flexibility index (Phi) is 4.08. The first-order valence-electron chi connectivity index (χ1n) is 8.27. The predicted molar refractivity (Wildman–Crippen MR) is 88.5 cm³/mol. The molecule has 3 rings (SSSR count). The maximum Gasteiger partial charge on any atom is 0.0474 e. The van der Waals surface area contributed by atoms with E-state index in [1.165, 1.54) is 18.4 Å². The van der Waals surface area contributed by atoms with Gasteiger partial charge in [-0.1, -0.05) is 24.3 Å². The van der Waals surface area contributed by atoms with E-state index in [0.29, 0.717) is 12.6 Å². The highest BCUT2D eigenvalue weighted by molar-refractivity contribution is 5.36. The number of benzene rings is 1. The normalized spacial score (nSPS) is 25.0. The van der Waals surface area contributed by atoms with Gasteiger partial charge in [0.2, 0.25) is 0 Å². The van der Waals surface area contributed by atoms with Crippen molar-refractivity contribution >= 4 is 0 Å². The van der Waals surface area contributed by atoms with E-state index >= 15 is 0 Å². The van der Waals surface area contributed by atoms with Crippen molar-refractivity contribution in [2.45, 2.75) is 44.2 Å². The lowest BCUT2D eigenvalue weighted by Crippen LogP contribution is -2.58. The Hall–Kier alpha value is -0.900. The fraction of sp³-hybridized carbons (Fsp3) is 0.667. The molecule has 21 heavy (non-hydrogen) atoms. The van der Waals surface area contributed by atoms with Crippen LogP contribution in [0, 0.1) is 0 Å². The van der Waals surface area contributed by atoms with Gasteiger partial charge in [-0.25, -0.2) is 0 Å². The highest BCUT2D eigenvalue weighted by Gasteiger charge is 2.36. The molecule has 2 fully saturated rings. The maximum absolute atomic E-state index is 6.19. The molecule has 3 heteroatoms. The van der Waals surface area contributed by atoms with Crippen molar-refractivity contribution in [1.29, 1.82) is 0 Å². The molecule has 1 saturated heterocycles. The first-order valence-corrected chi connectivity index (χ1v) is 8.27. The van der Waals surface area contributed by atoms with E-state index in [1.54, 1.807) is 5.56 Å². The molecule has 0 spiro atoms. The van der Waals surface area contributed by atoms with E-state index in [2.05, 4.69) is 55.0 Å². The Morgan fingerprint density at radius 1 is 1.24 bits per heavy atom. The van der Waals surface area contributed by atoms with E-state index in [9.17, 15) is 0 Å². The fourth-order valence-electron chi connectivity index (χ4n) is 3.60. The van der Waals surface area contributed by atoms with Gasteiger partial charge in [0.1, 0.15) is 0 Å². The zero-order valence-electron chi connectivity index (χ0n) is 13.7. The van der Waals surface area contributed by atoms with Gasteiger partial charge >= 0.3 is 0 Å². The molecule has 1 atom stereocenters. The van der Waals surface area contributed by atoms with Crippen LogP contribution in [0.4, 0.5) is 0 Å². The lowest BCUT2D eigenvalue weighted by molar-refractivity contribution is 0.0178. The van der Waals surface area contributed by atoms with Crippen molar-refractivity contribution in [1.82, 2.24) is 9.80 Å². The second kappa shape index (κ2) is 5.71. The van der Waals surface area contributed by atoms with Gasteiger partial charge in [0.15, 0.2) is 0 Å². The molecule has 1 aliphatic carbocycles. The van der Waals surface area contributed by atoms with Crippen molar-refractivity contribution < 1.29 is 0 Å². The van der Waals surface area contributed by atoms with Crippen molar-refractivity contribution in [2.24, 2.45) is 5.73 Å². The van der Waals surface area contributed by atoms with Crippen molar-refractivity contribution in [2.75, 3.05) is 33.2 Å². The molecule has 0 amide bonds. The molecule has 1 heterocycles. The molecular weight excluding hydrogens is 258 g/mol. The summed E-state index contributed by atoms with van der Waals surface area (Å²) < 4.78 is 0. The molecule has 1 aromatic rings. The molecular formula is C18H29N3. The average Bonchev–Trinajstić information content (AvgIpc) is 3.28. The Bertz CT molecular complexity index is 493. The Morgan fingerprint density at radius 2 is 1.95 bits per heavy atom. The average molecular weight is 287 g/mol. The second-order valence-electron chi connectivity index (χ2n) is 7.36. The Morgan fingerprint density at radius 3 is 2.57 bits per heavy atom. The van der Waals surface area contributed by atoms with Gasteiger partial charge in [-0.2, -0.15) is 0 Å². The van der Waals surface area contributed by atoms with E-state index in [0.717, 1.165) is 25.6 Å². The molecule has 1 aromatic carbocycles. The monoisotopic (exact) mass is 287 g/mol. The summed E-state index contributed by atoms with van der Waals surface area (Å²) in [5.74, 6) is 0.788. The molecule has 2 aliphatic rings. The number of likely N-dealkylation sites (N-methyl/N-ethyl adjacent to an activating group) is 1. The summed E-state index contributed by atoms with van der Waals surface area (Å²) in [5, 5.41) is 0. The van der Waals surface area contributed by atoms with Gasteiger partial charge in [-0.05, 0) is 50.8 Å². The fourth-order valence-corrected chi connectivity index (χ4v) is 3.60. The lowest BCUT2D eigenvalue weighted by Gasteiger charge is -2.48. The third-order valence-electron chi connectivity index (χ3n) is 5.38. The zero-order chi connectivity index (χ0) is 15.0. The standard InChI is InChI=1S/C18H29N3/c1-18(2)13-21(11-10-20(18)3)17(12-19)16-7-5-4-6-15(16)14-8-9-14/h4-7,14,17H,8-13,19H2,1-3H3. The molecule has 1 unspecified atom stereocenters.